The molecule has 2 amide bonds. The Labute approximate surface area is 224 Å². The number of nitrogens with one attached hydrogen (secondary N) is 2. The first-order chi connectivity index (χ1) is 17.9. The molecule has 4 N–H and O–H groups in total. The molecule has 2 aromatic carbocycles. The highest BCUT2D eigenvalue weighted by Crippen LogP contribution is 2.38. The molecule has 0 aromatic heterocycles. The van der Waals surface area contributed by atoms with Crippen LogP contribution in [0.5, 0.6) is 5.75 Å². The van der Waals surface area contributed by atoms with Crippen molar-refractivity contribution in [2.45, 2.75) is 62.1 Å². The molecule has 0 spiro atoms. The van der Waals surface area contributed by atoms with Gasteiger partial charge >= 0.3 is 0 Å². The zero-order valence-electron chi connectivity index (χ0n) is 21.7. The smallest absolute Gasteiger partial charge is 0.252 e. The largest absolute Gasteiger partial charge is 0.508 e. The number of benzene rings is 2. The van der Waals surface area contributed by atoms with Gasteiger partial charge in [0, 0.05) is 41.9 Å². The predicted molar refractivity (Wildman–Crippen MR) is 147 cm³/mol. The third kappa shape index (κ3) is 6.86. The van der Waals surface area contributed by atoms with Gasteiger partial charge in [-0.2, -0.15) is 0 Å². The summed E-state index contributed by atoms with van der Waals surface area (Å²) in [5, 5.41) is 27.4. The van der Waals surface area contributed by atoms with Gasteiger partial charge in [-0.25, -0.2) is 0 Å². The number of phenolic OH excluding ortho intramolecular Hbond substituents is 1. The van der Waals surface area contributed by atoms with Crippen molar-refractivity contribution >= 4 is 23.6 Å². The van der Waals surface area contributed by atoms with Crippen LogP contribution in [-0.4, -0.2) is 71.0 Å². The molecular weight excluding hydrogens is 486 g/mol. The maximum absolute atomic E-state index is 13.2. The first-order valence-electron chi connectivity index (χ1n) is 13.3. The van der Waals surface area contributed by atoms with Gasteiger partial charge in [0.15, 0.2) is 0 Å². The number of hydrogen-bond donors (Lipinski definition) is 4. The Morgan fingerprint density at radius 2 is 1.81 bits per heavy atom. The lowest BCUT2D eigenvalue weighted by Crippen LogP contribution is -2.58. The van der Waals surface area contributed by atoms with Crippen LogP contribution in [0, 0.1) is 18.8 Å². The van der Waals surface area contributed by atoms with Crippen LogP contribution in [0.2, 0.25) is 0 Å². The van der Waals surface area contributed by atoms with E-state index in [1.54, 1.807) is 43.9 Å². The number of fused-ring (bicyclic) bond motifs is 1. The first kappa shape index (κ1) is 27.5. The van der Waals surface area contributed by atoms with Crippen molar-refractivity contribution < 1.29 is 19.8 Å². The average molecular weight is 526 g/mol. The standard InChI is InChI=1S/C29H39N3O4S/c1-19-23(13-8-14-26(19)33)28(35)31-24(18-37-22-11-4-3-5-12-22)27(34)17-32-16-21-10-7-6-9-20(21)15-25(32)29(36)30-2/h3-5,8,11-14,20-21,24-25,27,33-34H,6-7,9-10,15-18H2,1-2H3,(H,30,36)(H,31,35)/t20-,21+,24-,25-,27+/m0/s1. The number of aromatic hydroxyl groups is 1. The number of nitrogens with zero attached hydrogens (tertiary/aromatic N) is 1. The summed E-state index contributed by atoms with van der Waals surface area (Å²) < 4.78 is 0. The molecule has 7 nitrogen and oxygen atoms in total. The van der Waals surface area contributed by atoms with E-state index >= 15 is 0 Å². The van der Waals surface area contributed by atoms with Gasteiger partial charge in [-0.3, -0.25) is 14.5 Å². The lowest BCUT2D eigenvalue weighted by molar-refractivity contribution is -0.130. The van der Waals surface area contributed by atoms with E-state index in [0.717, 1.165) is 17.9 Å². The third-order valence-corrected chi connectivity index (χ3v) is 9.11. The number of piperidine rings is 1. The second-order valence-electron chi connectivity index (χ2n) is 10.3. The van der Waals surface area contributed by atoms with Crippen LogP contribution in [0.4, 0.5) is 0 Å². The highest BCUT2D eigenvalue weighted by molar-refractivity contribution is 7.99. The fourth-order valence-electron chi connectivity index (χ4n) is 5.78. The molecule has 0 radical (unpaired) electrons. The Morgan fingerprint density at radius 1 is 1.08 bits per heavy atom. The van der Waals surface area contributed by atoms with Crippen molar-refractivity contribution in [1.82, 2.24) is 15.5 Å². The van der Waals surface area contributed by atoms with E-state index in [9.17, 15) is 19.8 Å². The number of aliphatic hydroxyl groups is 1. The minimum Gasteiger partial charge on any atom is -0.508 e. The summed E-state index contributed by atoms with van der Waals surface area (Å²) in [6.45, 7) is 2.80. The molecule has 0 bridgehead atoms. The SMILES string of the molecule is CNC(=O)[C@@H]1C[C@@H]2CCCC[C@@H]2CN1C[C@@H](O)[C@H](CSc1ccccc1)NC(=O)c1cccc(O)c1C. The lowest BCUT2D eigenvalue weighted by atomic mass is 9.72. The normalized spacial score (nSPS) is 23.5. The predicted octanol–water partition coefficient (Wildman–Crippen LogP) is 3.58. The first-order valence-corrected chi connectivity index (χ1v) is 14.3. The summed E-state index contributed by atoms with van der Waals surface area (Å²) >= 11 is 1.57. The van der Waals surface area contributed by atoms with E-state index in [4.69, 9.17) is 0 Å². The van der Waals surface area contributed by atoms with Crippen molar-refractivity contribution in [3.05, 3.63) is 59.7 Å². The topological polar surface area (TPSA) is 102 Å². The summed E-state index contributed by atoms with van der Waals surface area (Å²) in [6.07, 6.45) is 4.73. The zero-order chi connectivity index (χ0) is 26.4. The Morgan fingerprint density at radius 3 is 2.54 bits per heavy atom. The molecule has 0 unspecified atom stereocenters. The second-order valence-corrected chi connectivity index (χ2v) is 11.4. The van der Waals surface area contributed by atoms with Crippen LogP contribution in [0.25, 0.3) is 0 Å². The molecule has 5 atom stereocenters. The van der Waals surface area contributed by atoms with Gasteiger partial charge in [-0.1, -0.05) is 43.5 Å². The van der Waals surface area contributed by atoms with Crippen molar-refractivity contribution in [1.29, 1.82) is 0 Å². The molecule has 200 valence electrons. The molecule has 1 aliphatic carbocycles. The minimum absolute atomic E-state index is 0.00847. The summed E-state index contributed by atoms with van der Waals surface area (Å²) in [5.74, 6) is 1.29. The Kier molecular flexibility index (Phi) is 9.51. The van der Waals surface area contributed by atoms with E-state index in [-0.39, 0.29) is 23.6 Å². The van der Waals surface area contributed by atoms with Gasteiger partial charge in [-0.15, -0.1) is 11.8 Å². The van der Waals surface area contributed by atoms with Gasteiger partial charge in [0.25, 0.3) is 5.91 Å². The second kappa shape index (κ2) is 12.8. The van der Waals surface area contributed by atoms with Crippen molar-refractivity contribution in [3.63, 3.8) is 0 Å². The van der Waals surface area contributed by atoms with Crippen LogP contribution in [-0.2, 0) is 4.79 Å². The average Bonchev–Trinajstić information content (AvgIpc) is 2.92. The molecule has 1 saturated heterocycles. The highest BCUT2D eigenvalue weighted by Gasteiger charge is 2.41. The van der Waals surface area contributed by atoms with E-state index in [1.807, 2.05) is 30.3 Å². The molecule has 2 aliphatic rings. The monoisotopic (exact) mass is 525 g/mol. The molecule has 1 heterocycles. The summed E-state index contributed by atoms with van der Waals surface area (Å²) in [7, 11) is 1.67. The molecule has 4 rings (SSSR count). The number of carbonyl (C=O) groups is 2. The van der Waals surface area contributed by atoms with Gasteiger partial charge in [-0.05, 0) is 55.9 Å². The van der Waals surface area contributed by atoms with Crippen LogP contribution >= 0.6 is 11.8 Å². The zero-order valence-corrected chi connectivity index (χ0v) is 22.5. The summed E-state index contributed by atoms with van der Waals surface area (Å²) in [4.78, 5) is 29.2. The molecule has 1 aliphatic heterocycles. The molecule has 37 heavy (non-hydrogen) atoms. The number of likely N-dealkylation sites (N-methyl/N-ethyl adjacent to an activating group) is 1. The van der Waals surface area contributed by atoms with Crippen LogP contribution in [0.15, 0.2) is 53.4 Å². The van der Waals surface area contributed by atoms with Crippen LogP contribution in [0.3, 0.4) is 0 Å². The number of hydrogen-bond acceptors (Lipinski definition) is 6. The lowest BCUT2D eigenvalue weighted by Gasteiger charge is -2.46. The summed E-state index contributed by atoms with van der Waals surface area (Å²) in [6, 6.07) is 13.9. The van der Waals surface area contributed by atoms with E-state index in [1.165, 1.54) is 25.7 Å². The summed E-state index contributed by atoms with van der Waals surface area (Å²) in [5.41, 5.74) is 0.885. The van der Waals surface area contributed by atoms with Crippen molar-refractivity contribution in [2.24, 2.45) is 11.8 Å². The number of thioether (sulfide) groups is 1. The minimum atomic E-state index is -0.870. The Bertz CT molecular complexity index is 1070. The van der Waals surface area contributed by atoms with Gasteiger partial charge < -0.3 is 20.8 Å². The number of amides is 2. The number of rotatable bonds is 9. The molecule has 2 aromatic rings. The quantitative estimate of drug-likeness (QED) is 0.374. The number of likely N-dealkylation sites (tertiary alicyclic amines) is 1. The van der Waals surface area contributed by atoms with Crippen molar-refractivity contribution in [2.75, 3.05) is 25.9 Å². The molecular formula is C29H39N3O4S. The van der Waals surface area contributed by atoms with Crippen LogP contribution < -0.4 is 10.6 Å². The Balaban J connectivity index is 1.51. The van der Waals surface area contributed by atoms with E-state index in [0.29, 0.717) is 35.3 Å². The van der Waals surface area contributed by atoms with Gasteiger partial charge in [0.2, 0.25) is 5.91 Å². The molecule has 2 fully saturated rings. The van der Waals surface area contributed by atoms with E-state index in [2.05, 4.69) is 15.5 Å². The Hall–Kier alpha value is -2.55. The van der Waals surface area contributed by atoms with E-state index < -0.39 is 12.1 Å². The highest BCUT2D eigenvalue weighted by atomic mass is 32.2. The number of β-amino-alcohol motifs (C(OH)–C–C–N with tert-alkyl or cyclic N) is 1. The van der Waals surface area contributed by atoms with Gasteiger partial charge in [0.05, 0.1) is 18.2 Å². The van der Waals surface area contributed by atoms with Crippen molar-refractivity contribution in [3.8, 4) is 5.75 Å². The third-order valence-electron chi connectivity index (χ3n) is 7.98. The van der Waals surface area contributed by atoms with Crippen LogP contribution in [0.1, 0.15) is 48.0 Å². The molecule has 8 heteroatoms. The number of phenols is 1. The van der Waals surface area contributed by atoms with Gasteiger partial charge in [0.1, 0.15) is 5.75 Å². The fraction of sp³-hybridized carbons (Fsp3) is 0.517. The number of carbonyl (C=O) groups excluding carboxylic acids is 2. The molecule has 1 saturated carbocycles. The maximum Gasteiger partial charge on any atom is 0.252 e. The fourth-order valence-corrected chi connectivity index (χ4v) is 6.80. The maximum atomic E-state index is 13.2. The number of aliphatic hydroxyl groups excluding tert-OH is 1.